The Morgan fingerprint density at radius 1 is 0.857 bits per heavy atom. The van der Waals surface area contributed by atoms with Crippen LogP contribution in [-0.2, 0) is 0 Å². The van der Waals surface area contributed by atoms with Crippen molar-refractivity contribution < 1.29 is 20.4 Å². The number of hydrogen-bond donors (Lipinski definition) is 4. The van der Waals surface area contributed by atoms with Crippen LogP contribution in [-0.4, -0.2) is 44.8 Å². The molecule has 0 aromatic heterocycles. The summed E-state index contributed by atoms with van der Waals surface area (Å²) < 4.78 is 0. The Kier molecular flexibility index (Phi) is 3.21. The molecule has 1 rings (SSSR count). The van der Waals surface area contributed by atoms with Gasteiger partial charge in [-0.3, -0.25) is 0 Å². The van der Waals surface area contributed by atoms with E-state index in [1.807, 2.05) is 20.8 Å². The Morgan fingerprint density at radius 2 is 1.36 bits per heavy atom. The normalized spacial score (nSPS) is 45.2. The van der Waals surface area contributed by atoms with Crippen molar-refractivity contribution in [1.29, 1.82) is 0 Å². The summed E-state index contributed by atoms with van der Waals surface area (Å²) >= 11 is 0. The molecule has 4 heteroatoms. The van der Waals surface area contributed by atoms with Gasteiger partial charge < -0.3 is 20.4 Å². The SMILES string of the molecule is CC(C)(C)C1C[C@@H](O)[C@H](O)[C@@H](O)[C@@H]1O. The summed E-state index contributed by atoms with van der Waals surface area (Å²) in [4.78, 5) is 0. The van der Waals surface area contributed by atoms with Crippen molar-refractivity contribution in [1.82, 2.24) is 0 Å². The minimum absolute atomic E-state index is 0.193. The van der Waals surface area contributed by atoms with Gasteiger partial charge in [-0.2, -0.15) is 0 Å². The van der Waals surface area contributed by atoms with Crippen molar-refractivity contribution >= 4 is 0 Å². The van der Waals surface area contributed by atoms with Crippen LogP contribution in [0.25, 0.3) is 0 Å². The predicted octanol–water partition coefficient (Wildman–Crippen LogP) is -0.504. The van der Waals surface area contributed by atoms with Crippen LogP contribution in [0, 0.1) is 11.3 Å². The minimum Gasteiger partial charge on any atom is -0.390 e. The molecule has 0 aliphatic heterocycles. The molecule has 1 aliphatic rings. The number of hydrogen-bond acceptors (Lipinski definition) is 4. The molecule has 4 nitrogen and oxygen atoms in total. The van der Waals surface area contributed by atoms with Crippen molar-refractivity contribution in [2.45, 2.75) is 51.6 Å². The molecule has 5 atom stereocenters. The second kappa shape index (κ2) is 3.77. The summed E-state index contributed by atoms with van der Waals surface area (Å²) in [7, 11) is 0. The second-order valence-corrected chi connectivity index (χ2v) is 5.25. The molecule has 0 bridgehead atoms. The standard InChI is InChI=1S/C10H20O4/c1-10(2,3)5-4-6(11)8(13)9(14)7(5)12/h5-9,11-14H,4H2,1-3H3/t5?,6-,7-,8+,9+/m1/s1. The van der Waals surface area contributed by atoms with E-state index in [1.54, 1.807) is 0 Å². The van der Waals surface area contributed by atoms with E-state index in [4.69, 9.17) is 0 Å². The molecule has 1 fully saturated rings. The molecular formula is C10H20O4. The number of aliphatic hydroxyl groups is 4. The van der Waals surface area contributed by atoms with E-state index in [0.29, 0.717) is 6.42 Å². The van der Waals surface area contributed by atoms with Crippen LogP contribution >= 0.6 is 0 Å². The molecule has 4 N–H and O–H groups in total. The third-order valence-corrected chi connectivity index (χ3v) is 3.11. The first-order chi connectivity index (χ1) is 6.25. The highest BCUT2D eigenvalue weighted by atomic mass is 16.4. The molecule has 84 valence electrons. The van der Waals surface area contributed by atoms with Gasteiger partial charge in [-0.15, -0.1) is 0 Å². The quantitative estimate of drug-likeness (QED) is 0.428. The number of aliphatic hydroxyl groups excluding tert-OH is 4. The fraction of sp³-hybridized carbons (Fsp3) is 1.00. The van der Waals surface area contributed by atoms with Crippen molar-refractivity contribution in [2.75, 3.05) is 0 Å². The zero-order valence-corrected chi connectivity index (χ0v) is 8.88. The van der Waals surface area contributed by atoms with E-state index in [2.05, 4.69) is 0 Å². The fourth-order valence-corrected chi connectivity index (χ4v) is 2.07. The Morgan fingerprint density at radius 3 is 1.79 bits per heavy atom. The van der Waals surface area contributed by atoms with Crippen LogP contribution in [0.5, 0.6) is 0 Å². The minimum atomic E-state index is -1.25. The molecule has 1 unspecified atom stereocenters. The van der Waals surface area contributed by atoms with E-state index in [0.717, 1.165) is 0 Å². The lowest BCUT2D eigenvalue weighted by Gasteiger charge is -2.44. The topological polar surface area (TPSA) is 80.9 Å². The van der Waals surface area contributed by atoms with E-state index in [1.165, 1.54) is 0 Å². The lowest BCUT2D eigenvalue weighted by molar-refractivity contribution is -0.173. The highest BCUT2D eigenvalue weighted by molar-refractivity contribution is 4.96. The molecule has 0 aromatic rings. The summed E-state index contributed by atoms with van der Waals surface area (Å²) in [5.74, 6) is -0.198. The summed E-state index contributed by atoms with van der Waals surface area (Å²) in [5, 5.41) is 38.0. The Hall–Kier alpha value is -0.160. The maximum atomic E-state index is 9.74. The van der Waals surface area contributed by atoms with Gasteiger partial charge in [-0.05, 0) is 17.8 Å². The molecular weight excluding hydrogens is 184 g/mol. The number of rotatable bonds is 0. The molecule has 1 aliphatic carbocycles. The third-order valence-electron chi connectivity index (χ3n) is 3.11. The van der Waals surface area contributed by atoms with Crippen LogP contribution in [0.1, 0.15) is 27.2 Å². The van der Waals surface area contributed by atoms with Crippen molar-refractivity contribution in [3.8, 4) is 0 Å². The smallest absolute Gasteiger partial charge is 0.109 e. The Bertz CT molecular complexity index is 199. The van der Waals surface area contributed by atoms with Crippen molar-refractivity contribution in [3.63, 3.8) is 0 Å². The van der Waals surface area contributed by atoms with Gasteiger partial charge >= 0.3 is 0 Å². The largest absolute Gasteiger partial charge is 0.390 e. The summed E-state index contributed by atoms with van der Waals surface area (Å²) in [6.45, 7) is 5.83. The maximum absolute atomic E-state index is 9.74. The zero-order chi connectivity index (χ0) is 11.1. The summed E-state index contributed by atoms with van der Waals surface area (Å²) in [6.07, 6.45) is -4.07. The maximum Gasteiger partial charge on any atom is 0.109 e. The van der Waals surface area contributed by atoms with Crippen molar-refractivity contribution in [3.05, 3.63) is 0 Å². The van der Waals surface area contributed by atoms with Gasteiger partial charge in [0.15, 0.2) is 0 Å². The zero-order valence-electron chi connectivity index (χ0n) is 8.88. The summed E-state index contributed by atoms with van der Waals surface area (Å²) in [6, 6.07) is 0. The Labute approximate surface area is 84.2 Å². The monoisotopic (exact) mass is 204 g/mol. The highest BCUT2D eigenvalue weighted by Crippen LogP contribution is 2.38. The van der Waals surface area contributed by atoms with Crippen LogP contribution in [0.3, 0.4) is 0 Å². The fourth-order valence-electron chi connectivity index (χ4n) is 2.07. The van der Waals surface area contributed by atoms with Crippen LogP contribution in [0.2, 0.25) is 0 Å². The molecule has 0 radical (unpaired) electrons. The first-order valence-corrected chi connectivity index (χ1v) is 4.97. The third kappa shape index (κ3) is 2.08. The van der Waals surface area contributed by atoms with Gasteiger partial charge in [0.1, 0.15) is 12.2 Å². The van der Waals surface area contributed by atoms with Gasteiger partial charge in [0.2, 0.25) is 0 Å². The lowest BCUT2D eigenvalue weighted by atomic mass is 9.68. The van der Waals surface area contributed by atoms with Crippen LogP contribution < -0.4 is 0 Å². The van der Waals surface area contributed by atoms with Crippen molar-refractivity contribution in [2.24, 2.45) is 11.3 Å². The van der Waals surface area contributed by atoms with Crippen LogP contribution in [0.4, 0.5) is 0 Å². The summed E-state index contributed by atoms with van der Waals surface area (Å²) in [5.41, 5.74) is -0.193. The average Bonchev–Trinajstić information content (AvgIpc) is 2.06. The molecule has 0 amide bonds. The van der Waals surface area contributed by atoms with Crippen LogP contribution in [0.15, 0.2) is 0 Å². The lowest BCUT2D eigenvalue weighted by Crippen LogP contribution is -2.56. The molecule has 0 saturated heterocycles. The van der Waals surface area contributed by atoms with E-state index in [-0.39, 0.29) is 11.3 Å². The van der Waals surface area contributed by atoms with Gasteiger partial charge in [0.05, 0.1) is 12.2 Å². The Balaban J connectivity index is 2.81. The van der Waals surface area contributed by atoms with E-state index < -0.39 is 24.4 Å². The van der Waals surface area contributed by atoms with E-state index >= 15 is 0 Å². The van der Waals surface area contributed by atoms with Gasteiger partial charge in [0.25, 0.3) is 0 Å². The first-order valence-electron chi connectivity index (χ1n) is 4.97. The van der Waals surface area contributed by atoms with E-state index in [9.17, 15) is 20.4 Å². The molecule has 0 heterocycles. The second-order valence-electron chi connectivity index (χ2n) is 5.25. The first kappa shape index (κ1) is 11.9. The molecule has 0 aromatic carbocycles. The van der Waals surface area contributed by atoms with Gasteiger partial charge in [-0.1, -0.05) is 20.8 Å². The highest BCUT2D eigenvalue weighted by Gasteiger charge is 2.45. The molecule has 1 saturated carbocycles. The van der Waals surface area contributed by atoms with Gasteiger partial charge in [-0.25, -0.2) is 0 Å². The predicted molar refractivity (Wildman–Crippen MR) is 51.6 cm³/mol. The van der Waals surface area contributed by atoms with Gasteiger partial charge in [0, 0.05) is 0 Å². The average molecular weight is 204 g/mol. The molecule has 0 spiro atoms. The molecule has 14 heavy (non-hydrogen) atoms.